The van der Waals surface area contributed by atoms with E-state index in [9.17, 15) is 15.3 Å². The van der Waals surface area contributed by atoms with Crippen molar-refractivity contribution in [1.29, 1.82) is 0 Å². The van der Waals surface area contributed by atoms with Crippen LogP contribution in [-0.4, -0.2) is 35.9 Å². The monoisotopic (exact) mass is 272 g/mol. The minimum absolute atomic E-state index is 0.0821. The quantitative estimate of drug-likeness (QED) is 0.470. The minimum Gasteiger partial charge on any atom is -0.358 e. The highest BCUT2D eigenvalue weighted by Crippen LogP contribution is 2.34. The Hall–Kier alpha value is -1.62. The Bertz CT molecular complexity index is 501. The number of nitrogens with one attached hydrogen (secondary N) is 1. The van der Waals surface area contributed by atoms with Crippen LogP contribution in [0.4, 0.5) is 5.82 Å². The zero-order valence-corrected chi connectivity index (χ0v) is 10.6. The van der Waals surface area contributed by atoms with Crippen molar-refractivity contribution in [1.82, 2.24) is 24.7 Å². The highest BCUT2D eigenvalue weighted by Gasteiger charge is 2.27. The number of hydrazine groups is 2. The Balaban J connectivity index is 2.17. The van der Waals surface area contributed by atoms with Crippen LogP contribution in [0.2, 0.25) is 0 Å². The van der Waals surface area contributed by atoms with Gasteiger partial charge in [-0.05, 0) is 11.8 Å². The number of aromatic nitrogens is 2. The molecule has 0 atom stereocenters. The van der Waals surface area contributed by atoms with Gasteiger partial charge in [0.2, 0.25) is 5.82 Å². The molecule has 1 aromatic heterocycles. The third-order valence-electron chi connectivity index (χ3n) is 2.35. The van der Waals surface area contributed by atoms with Crippen molar-refractivity contribution >= 4 is 22.7 Å². The fourth-order valence-corrected chi connectivity index (χ4v) is 2.28. The maximum absolute atomic E-state index is 10.7. The van der Waals surface area contributed by atoms with Crippen molar-refractivity contribution in [2.75, 3.05) is 6.54 Å². The van der Waals surface area contributed by atoms with Gasteiger partial charge in [0.1, 0.15) is 11.1 Å². The lowest BCUT2D eigenvalue weighted by atomic mass is 10.5. The summed E-state index contributed by atoms with van der Waals surface area (Å²) >= 11 is 1.19. The second-order valence-electron chi connectivity index (χ2n) is 3.45. The molecule has 0 spiro atoms. The van der Waals surface area contributed by atoms with Gasteiger partial charge in [0.25, 0.3) is 0 Å². The molecular weight excluding hydrogens is 260 g/mol. The van der Waals surface area contributed by atoms with Gasteiger partial charge in [-0.1, -0.05) is 9.70 Å². The molecule has 18 heavy (non-hydrogen) atoms. The summed E-state index contributed by atoms with van der Waals surface area (Å²) in [7, 11) is 1.57. The summed E-state index contributed by atoms with van der Waals surface area (Å²) in [6.45, 7) is 2.19. The normalized spacial score (nSPS) is 15.9. The van der Waals surface area contributed by atoms with Gasteiger partial charge in [0.05, 0.1) is 7.05 Å². The van der Waals surface area contributed by atoms with Gasteiger partial charge < -0.3 is 10.1 Å². The van der Waals surface area contributed by atoms with Crippen molar-refractivity contribution < 1.29 is 10.1 Å². The van der Waals surface area contributed by atoms with Crippen molar-refractivity contribution in [2.24, 2.45) is 7.05 Å². The number of hydrogen-bond acceptors (Lipinski definition) is 8. The smallest absolute Gasteiger partial charge is 0.342 e. The Labute approximate surface area is 107 Å². The summed E-state index contributed by atoms with van der Waals surface area (Å²) in [4.78, 5) is 14.9. The van der Waals surface area contributed by atoms with Crippen LogP contribution in [0.25, 0.3) is 4.91 Å². The van der Waals surface area contributed by atoms with Crippen LogP contribution in [0.15, 0.2) is 12.4 Å². The fraction of sp³-hybridized carbons (Fsp3) is 0.375. The van der Waals surface area contributed by atoms with Gasteiger partial charge in [-0.3, -0.25) is 10.6 Å². The zero-order chi connectivity index (χ0) is 13.3. The molecule has 10 heteroatoms. The largest absolute Gasteiger partial charge is 0.358 e. The predicted molar refractivity (Wildman–Crippen MR) is 64.6 cm³/mol. The van der Waals surface area contributed by atoms with Crippen LogP contribution in [0.1, 0.15) is 12.7 Å². The second kappa shape index (κ2) is 4.94. The Morgan fingerprint density at radius 1 is 1.72 bits per heavy atom. The molecule has 0 unspecified atom stereocenters. The van der Waals surface area contributed by atoms with Crippen molar-refractivity contribution in [2.45, 2.75) is 6.92 Å². The van der Waals surface area contributed by atoms with Gasteiger partial charge in [-0.25, -0.2) is 9.55 Å². The molecule has 2 rings (SSSR count). The van der Waals surface area contributed by atoms with E-state index in [0.717, 1.165) is 5.17 Å². The lowest BCUT2D eigenvalue weighted by molar-refractivity contribution is -0.391. The number of hydroxylamine groups is 1. The van der Waals surface area contributed by atoms with Gasteiger partial charge in [-0.15, -0.1) is 0 Å². The number of rotatable bonds is 4. The van der Waals surface area contributed by atoms with E-state index in [1.54, 1.807) is 20.2 Å². The van der Waals surface area contributed by atoms with Crippen molar-refractivity contribution in [3.05, 3.63) is 28.3 Å². The molecule has 0 radical (unpaired) electrons. The Morgan fingerprint density at radius 2 is 2.44 bits per heavy atom. The fourth-order valence-electron chi connectivity index (χ4n) is 1.41. The summed E-state index contributed by atoms with van der Waals surface area (Å²) in [5.41, 5.74) is 2.81. The lowest BCUT2D eigenvalue weighted by Crippen LogP contribution is -2.39. The van der Waals surface area contributed by atoms with Crippen LogP contribution in [0, 0.1) is 10.1 Å². The molecule has 0 saturated heterocycles. The highest BCUT2D eigenvalue weighted by molar-refractivity contribution is 8.06. The van der Waals surface area contributed by atoms with E-state index >= 15 is 0 Å². The SMILES string of the molecule is CCN(O)N1NC=C(c2ncc([N+](=O)[O-])n2C)S1. The number of hydrogen-bond donors (Lipinski definition) is 2. The molecule has 98 valence electrons. The third kappa shape index (κ3) is 2.18. The van der Waals surface area contributed by atoms with E-state index in [1.807, 2.05) is 0 Å². The lowest BCUT2D eigenvalue weighted by Gasteiger charge is -2.21. The molecule has 0 amide bonds. The number of nitrogens with zero attached hydrogens (tertiary/aromatic N) is 5. The molecular formula is C8H12N6O3S. The summed E-state index contributed by atoms with van der Waals surface area (Å²) in [6.07, 6.45) is 2.82. The Kier molecular flexibility index (Phi) is 3.52. The molecule has 0 aromatic carbocycles. The summed E-state index contributed by atoms with van der Waals surface area (Å²) < 4.78 is 2.79. The summed E-state index contributed by atoms with van der Waals surface area (Å²) in [6, 6.07) is 0. The van der Waals surface area contributed by atoms with Crippen molar-refractivity contribution in [3.63, 3.8) is 0 Å². The van der Waals surface area contributed by atoms with Gasteiger partial charge >= 0.3 is 5.82 Å². The van der Waals surface area contributed by atoms with E-state index in [1.165, 1.54) is 27.2 Å². The molecule has 0 aliphatic carbocycles. The molecule has 2 heterocycles. The van der Waals surface area contributed by atoms with E-state index in [4.69, 9.17) is 0 Å². The highest BCUT2D eigenvalue weighted by atomic mass is 32.2. The molecule has 9 nitrogen and oxygen atoms in total. The van der Waals surface area contributed by atoms with Crippen LogP contribution in [0.3, 0.4) is 0 Å². The molecule has 1 aromatic rings. The molecule has 0 fully saturated rings. The van der Waals surface area contributed by atoms with E-state index in [2.05, 4.69) is 10.4 Å². The van der Waals surface area contributed by atoms with E-state index < -0.39 is 4.92 Å². The maximum Gasteiger partial charge on any atom is 0.342 e. The summed E-state index contributed by atoms with van der Waals surface area (Å²) in [5.74, 6) is 0.382. The first kappa shape index (κ1) is 12.8. The first-order valence-corrected chi connectivity index (χ1v) is 5.89. The van der Waals surface area contributed by atoms with Gasteiger partial charge in [0, 0.05) is 24.7 Å². The topological polar surface area (TPSA) is 99.7 Å². The van der Waals surface area contributed by atoms with E-state index in [0.29, 0.717) is 17.3 Å². The Morgan fingerprint density at radius 3 is 3.00 bits per heavy atom. The number of imidazole rings is 1. The second-order valence-corrected chi connectivity index (χ2v) is 4.41. The predicted octanol–water partition coefficient (Wildman–Crippen LogP) is 0.721. The van der Waals surface area contributed by atoms with Crippen LogP contribution >= 0.6 is 11.9 Å². The minimum atomic E-state index is -0.494. The summed E-state index contributed by atoms with van der Waals surface area (Å²) in [5, 5.41) is 21.2. The standard InChI is InChI=1S/C8H12N6O3S/c1-3-12(15)14-10-4-6(18-14)8-9-5-7(11(8)2)13(16)17/h4-5,10,15H,3H2,1-2H3. The molecule has 2 N–H and O–H groups in total. The first-order valence-electron chi connectivity index (χ1n) is 5.11. The molecule has 0 saturated carbocycles. The zero-order valence-electron chi connectivity index (χ0n) is 9.77. The van der Waals surface area contributed by atoms with Crippen LogP contribution in [-0.2, 0) is 7.05 Å². The van der Waals surface area contributed by atoms with Crippen molar-refractivity contribution in [3.8, 4) is 0 Å². The average Bonchev–Trinajstić information content (AvgIpc) is 2.94. The van der Waals surface area contributed by atoms with Crippen LogP contribution in [0.5, 0.6) is 0 Å². The molecule has 1 aliphatic rings. The molecule has 1 aliphatic heterocycles. The molecule has 0 bridgehead atoms. The van der Waals surface area contributed by atoms with Gasteiger partial charge in [0.15, 0.2) is 0 Å². The third-order valence-corrected chi connectivity index (χ3v) is 3.32. The van der Waals surface area contributed by atoms with Crippen LogP contribution < -0.4 is 5.43 Å². The maximum atomic E-state index is 10.7. The number of nitro groups is 1. The average molecular weight is 272 g/mol. The van der Waals surface area contributed by atoms with Gasteiger partial charge in [-0.2, -0.15) is 0 Å². The van der Waals surface area contributed by atoms with E-state index in [-0.39, 0.29) is 5.82 Å². The first-order chi connectivity index (χ1) is 8.54.